The summed E-state index contributed by atoms with van der Waals surface area (Å²) in [5, 5.41) is 9.65. The highest BCUT2D eigenvalue weighted by Gasteiger charge is 2.58. The van der Waals surface area contributed by atoms with E-state index in [9.17, 15) is 19.5 Å². The smallest absolute Gasteiger partial charge is 0.334 e. The first kappa shape index (κ1) is 19.8. The zero-order valence-electron chi connectivity index (χ0n) is 15.9. The minimum atomic E-state index is -0.672. The molecule has 3 rings (SSSR count). The number of aliphatic hydroxyl groups is 1. The van der Waals surface area contributed by atoms with Crippen LogP contribution >= 0.6 is 0 Å². The number of aliphatic hydroxyl groups excluding tert-OH is 1. The molecular formula is C20H26O7. The van der Waals surface area contributed by atoms with Crippen molar-refractivity contribution in [1.29, 1.82) is 0 Å². The van der Waals surface area contributed by atoms with E-state index in [-0.39, 0.29) is 36.9 Å². The van der Waals surface area contributed by atoms with Crippen molar-refractivity contribution >= 4 is 17.7 Å². The van der Waals surface area contributed by atoms with E-state index >= 15 is 0 Å². The summed E-state index contributed by atoms with van der Waals surface area (Å²) in [6, 6.07) is 0. The zero-order valence-corrected chi connectivity index (χ0v) is 15.9. The molecule has 2 aliphatic heterocycles. The molecule has 27 heavy (non-hydrogen) atoms. The molecule has 0 bridgehead atoms. The highest BCUT2D eigenvalue weighted by atomic mass is 16.6. The van der Waals surface area contributed by atoms with Gasteiger partial charge in [-0.3, -0.25) is 4.79 Å². The van der Waals surface area contributed by atoms with Gasteiger partial charge in [0.25, 0.3) is 0 Å². The van der Waals surface area contributed by atoms with Crippen LogP contribution in [0.15, 0.2) is 23.8 Å². The van der Waals surface area contributed by atoms with Crippen LogP contribution in [0.4, 0.5) is 0 Å². The SMILES string of the molecule is C=C1C(=O)O[C@@H]2C[C@@H](CO)C(=O)C[C@H]3O[C@]3(C)CC(OC(=O)/C(C)=C\C)[C@@H]12. The summed E-state index contributed by atoms with van der Waals surface area (Å²) in [6.45, 7) is 8.75. The van der Waals surface area contributed by atoms with Crippen LogP contribution in [0, 0.1) is 11.8 Å². The standard InChI is InChI=1S/C20H26O7/c1-5-10(2)18(23)26-15-8-20(4)16(27-20)7-13(22)12(9-21)6-14-17(15)11(3)19(24)25-14/h5,12,14-17,21H,3,6-9H2,1-2,4H3/b10-5-/t12-,14+,15?,16+,17-,20+/m0/s1. The summed E-state index contributed by atoms with van der Waals surface area (Å²) in [5.41, 5.74) is 0.0564. The largest absolute Gasteiger partial charge is 0.458 e. The van der Waals surface area contributed by atoms with Crippen molar-refractivity contribution in [2.75, 3.05) is 6.61 Å². The van der Waals surface area contributed by atoms with Crippen molar-refractivity contribution < 1.29 is 33.7 Å². The van der Waals surface area contributed by atoms with Gasteiger partial charge in [-0.05, 0) is 27.2 Å². The monoisotopic (exact) mass is 378 g/mol. The lowest BCUT2D eigenvalue weighted by molar-refractivity contribution is -0.150. The van der Waals surface area contributed by atoms with E-state index in [1.54, 1.807) is 19.9 Å². The Labute approximate surface area is 158 Å². The zero-order chi connectivity index (χ0) is 19.9. The molecule has 2 saturated heterocycles. The molecule has 1 N–H and O–H groups in total. The van der Waals surface area contributed by atoms with Gasteiger partial charge in [-0.1, -0.05) is 12.7 Å². The molecule has 3 aliphatic rings. The van der Waals surface area contributed by atoms with Crippen LogP contribution in [-0.4, -0.2) is 53.3 Å². The van der Waals surface area contributed by atoms with Crippen LogP contribution < -0.4 is 0 Å². The van der Waals surface area contributed by atoms with Gasteiger partial charge >= 0.3 is 11.9 Å². The lowest BCUT2D eigenvalue weighted by atomic mass is 9.79. The number of ether oxygens (including phenoxy) is 3. The van der Waals surface area contributed by atoms with Gasteiger partial charge in [0.05, 0.1) is 24.2 Å². The van der Waals surface area contributed by atoms with Crippen molar-refractivity contribution in [3.8, 4) is 0 Å². The average Bonchev–Trinajstić information content (AvgIpc) is 3.15. The molecule has 6 atom stereocenters. The van der Waals surface area contributed by atoms with E-state index in [0.717, 1.165) is 0 Å². The number of rotatable bonds is 3. The first-order chi connectivity index (χ1) is 12.7. The van der Waals surface area contributed by atoms with Crippen LogP contribution in [0.3, 0.4) is 0 Å². The number of hydrogen-bond acceptors (Lipinski definition) is 7. The summed E-state index contributed by atoms with van der Waals surface area (Å²) in [4.78, 5) is 37.0. The highest BCUT2D eigenvalue weighted by molar-refractivity contribution is 5.92. The molecular weight excluding hydrogens is 352 g/mol. The molecule has 7 heteroatoms. The number of allylic oxidation sites excluding steroid dienone is 1. The van der Waals surface area contributed by atoms with E-state index in [4.69, 9.17) is 14.2 Å². The molecule has 0 aromatic rings. The molecule has 2 heterocycles. The number of Topliss-reactive ketones (excluding diaryl/α,β-unsaturated/α-hetero) is 1. The van der Waals surface area contributed by atoms with Gasteiger partial charge in [0, 0.05) is 29.9 Å². The minimum absolute atomic E-state index is 0.112. The summed E-state index contributed by atoms with van der Waals surface area (Å²) >= 11 is 0. The molecule has 0 aromatic carbocycles. The minimum Gasteiger partial charge on any atom is -0.458 e. The molecule has 0 radical (unpaired) electrons. The predicted molar refractivity (Wildman–Crippen MR) is 94.5 cm³/mol. The Kier molecular flexibility index (Phi) is 5.27. The average molecular weight is 378 g/mol. The fraction of sp³-hybridized carbons (Fsp3) is 0.650. The topological polar surface area (TPSA) is 102 Å². The van der Waals surface area contributed by atoms with E-state index in [1.807, 2.05) is 6.92 Å². The third kappa shape index (κ3) is 3.71. The quantitative estimate of drug-likeness (QED) is 0.451. The van der Waals surface area contributed by atoms with E-state index < -0.39 is 41.6 Å². The molecule has 1 unspecified atom stereocenters. The van der Waals surface area contributed by atoms with Gasteiger partial charge in [-0.25, -0.2) is 9.59 Å². The number of fused-ring (bicyclic) bond motifs is 2. The second-order valence-electron chi connectivity index (χ2n) is 7.82. The molecule has 0 spiro atoms. The van der Waals surface area contributed by atoms with Gasteiger partial charge < -0.3 is 19.3 Å². The molecule has 1 aliphatic carbocycles. The summed E-state index contributed by atoms with van der Waals surface area (Å²) < 4.78 is 16.9. The van der Waals surface area contributed by atoms with Crippen LogP contribution in [0.25, 0.3) is 0 Å². The van der Waals surface area contributed by atoms with Crippen molar-refractivity contribution in [1.82, 2.24) is 0 Å². The van der Waals surface area contributed by atoms with Gasteiger partial charge in [0.2, 0.25) is 0 Å². The fourth-order valence-electron chi connectivity index (χ4n) is 3.96. The maximum Gasteiger partial charge on any atom is 0.334 e. The molecule has 1 saturated carbocycles. The molecule has 0 amide bonds. The molecule has 7 nitrogen and oxygen atoms in total. The fourth-order valence-corrected chi connectivity index (χ4v) is 3.96. The Bertz CT molecular complexity index is 709. The number of esters is 2. The number of hydrogen-bond donors (Lipinski definition) is 1. The lowest BCUT2D eigenvalue weighted by Crippen LogP contribution is -2.40. The Hall–Kier alpha value is -1.99. The lowest BCUT2D eigenvalue weighted by Gasteiger charge is -2.30. The number of ketones is 1. The van der Waals surface area contributed by atoms with Gasteiger partial charge in [0.15, 0.2) is 0 Å². The Morgan fingerprint density at radius 3 is 2.78 bits per heavy atom. The Morgan fingerprint density at radius 1 is 1.44 bits per heavy atom. The van der Waals surface area contributed by atoms with Gasteiger partial charge in [0.1, 0.15) is 18.0 Å². The van der Waals surface area contributed by atoms with Crippen molar-refractivity contribution in [2.24, 2.45) is 11.8 Å². The summed E-state index contributed by atoms with van der Waals surface area (Å²) in [5.74, 6) is -2.38. The molecule has 3 fully saturated rings. The second kappa shape index (κ2) is 7.20. The predicted octanol–water partition coefficient (Wildman–Crippen LogP) is 1.48. The Balaban J connectivity index is 1.94. The first-order valence-corrected chi connectivity index (χ1v) is 9.25. The Morgan fingerprint density at radius 2 is 2.15 bits per heavy atom. The van der Waals surface area contributed by atoms with Crippen LogP contribution in [0.5, 0.6) is 0 Å². The maximum absolute atomic E-state index is 12.5. The highest BCUT2D eigenvalue weighted by Crippen LogP contribution is 2.48. The third-order valence-corrected chi connectivity index (χ3v) is 5.96. The summed E-state index contributed by atoms with van der Waals surface area (Å²) in [6.07, 6.45) is 0.726. The second-order valence-corrected chi connectivity index (χ2v) is 7.82. The van der Waals surface area contributed by atoms with Crippen LogP contribution in [-0.2, 0) is 28.6 Å². The van der Waals surface area contributed by atoms with Crippen LogP contribution in [0.1, 0.15) is 40.0 Å². The van der Waals surface area contributed by atoms with Gasteiger partial charge in [-0.2, -0.15) is 0 Å². The van der Waals surface area contributed by atoms with Crippen molar-refractivity contribution in [3.63, 3.8) is 0 Å². The molecule has 0 aromatic heterocycles. The first-order valence-electron chi connectivity index (χ1n) is 9.25. The summed E-state index contributed by atoms with van der Waals surface area (Å²) in [7, 11) is 0. The van der Waals surface area contributed by atoms with Gasteiger partial charge in [-0.15, -0.1) is 0 Å². The number of carbonyl (C=O) groups excluding carboxylic acids is 3. The molecule has 148 valence electrons. The number of epoxide rings is 1. The third-order valence-electron chi connectivity index (χ3n) is 5.96. The number of carbonyl (C=O) groups is 3. The normalized spacial score (nSPS) is 39.3. The van der Waals surface area contributed by atoms with Crippen molar-refractivity contribution in [2.45, 2.75) is 63.9 Å². The van der Waals surface area contributed by atoms with E-state index in [2.05, 4.69) is 6.58 Å². The van der Waals surface area contributed by atoms with E-state index in [1.165, 1.54) is 0 Å². The van der Waals surface area contributed by atoms with Crippen molar-refractivity contribution in [3.05, 3.63) is 23.8 Å². The van der Waals surface area contributed by atoms with Crippen LogP contribution in [0.2, 0.25) is 0 Å². The van der Waals surface area contributed by atoms with E-state index in [0.29, 0.717) is 12.0 Å². The maximum atomic E-state index is 12.5.